The molecule has 4 N–H and O–H groups in total. The van der Waals surface area contributed by atoms with Gasteiger partial charge in [-0.1, -0.05) is 19.1 Å². The molecule has 0 aliphatic carbocycles. The largest absolute Gasteiger partial charge is 0.504 e. The first-order valence-corrected chi connectivity index (χ1v) is 8.72. The maximum atomic E-state index is 10.3. The van der Waals surface area contributed by atoms with Gasteiger partial charge in [0.25, 0.3) is 0 Å². The van der Waals surface area contributed by atoms with Crippen LogP contribution in [0.5, 0.6) is 11.5 Å². The number of aryl methyl sites for hydroxylation is 1. The van der Waals surface area contributed by atoms with E-state index in [0.717, 1.165) is 6.42 Å². The van der Waals surface area contributed by atoms with E-state index in [2.05, 4.69) is 25.6 Å². The minimum Gasteiger partial charge on any atom is -0.504 e. The van der Waals surface area contributed by atoms with Crippen molar-refractivity contribution in [2.75, 3.05) is 24.4 Å². The molecule has 0 aliphatic rings. The first-order valence-electron chi connectivity index (χ1n) is 8.72. The second-order valence-corrected chi connectivity index (χ2v) is 6.18. The molecule has 0 amide bonds. The van der Waals surface area contributed by atoms with Crippen LogP contribution in [0.1, 0.15) is 18.9 Å². The van der Waals surface area contributed by atoms with Crippen molar-refractivity contribution >= 4 is 22.9 Å². The van der Waals surface area contributed by atoms with E-state index in [9.17, 15) is 10.2 Å². The minimum absolute atomic E-state index is 0.0102. The first kappa shape index (κ1) is 18.7. The average molecular weight is 372 g/mol. The van der Waals surface area contributed by atoms with Gasteiger partial charge in [0.1, 0.15) is 0 Å². The number of methoxy groups -OCH3 is 1. The number of aromatic nitrogens is 4. The van der Waals surface area contributed by atoms with E-state index in [1.165, 1.54) is 7.11 Å². The van der Waals surface area contributed by atoms with Crippen molar-refractivity contribution in [3.63, 3.8) is 0 Å². The number of phenols is 1. The average Bonchev–Trinajstić information content (AvgIpc) is 3.06. The number of hydrogen-bond acceptors (Lipinski definition) is 8. The predicted octanol–water partition coefficient (Wildman–Crippen LogP) is 1.87. The highest BCUT2D eigenvalue weighted by Crippen LogP contribution is 2.30. The number of nitrogens with one attached hydrogen (secondary N) is 2. The molecule has 2 aromatic heterocycles. The number of phenolic OH excluding ortho intramolecular Hbond substituents is 1. The number of aliphatic hydroxyl groups is 1. The lowest BCUT2D eigenvalue weighted by molar-refractivity contribution is 0.271. The van der Waals surface area contributed by atoms with Crippen molar-refractivity contribution in [1.82, 2.24) is 19.5 Å². The van der Waals surface area contributed by atoms with Crippen molar-refractivity contribution < 1.29 is 14.9 Å². The standard InChI is InChI=1S/C18H24N6O3/c1-4-12(9-25)21-18-22-16(14-17(23-18)24(2)10-20-14)19-8-11-6-5-7-13(27-3)15(11)26/h5-7,10,12,25-26H,4,8-9H2,1-3H3,(H2,19,21,22,23). The summed E-state index contributed by atoms with van der Waals surface area (Å²) >= 11 is 0. The van der Waals surface area contributed by atoms with Crippen LogP contribution in [0, 0.1) is 0 Å². The summed E-state index contributed by atoms with van der Waals surface area (Å²) < 4.78 is 6.95. The highest BCUT2D eigenvalue weighted by Gasteiger charge is 2.15. The van der Waals surface area contributed by atoms with Crippen molar-refractivity contribution in [3.05, 3.63) is 30.1 Å². The van der Waals surface area contributed by atoms with E-state index >= 15 is 0 Å². The number of ether oxygens (including phenoxy) is 1. The van der Waals surface area contributed by atoms with Gasteiger partial charge in [0.05, 0.1) is 26.1 Å². The molecule has 9 heteroatoms. The van der Waals surface area contributed by atoms with Gasteiger partial charge in [-0.15, -0.1) is 0 Å². The Morgan fingerprint density at radius 1 is 1.30 bits per heavy atom. The van der Waals surface area contributed by atoms with E-state index in [1.54, 1.807) is 23.0 Å². The van der Waals surface area contributed by atoms with E-state index < -0.39 is 0 Å². The summed E-state index contributed by atoms with van der Waals surface area (Å²) in [6.07, 6.45) is 2.41. The number of fused-ring (bicyclic) bond motifs is 1. The van der Waals surface area contributed by atoms with Gasteiger partial charge >= 0.3 is 0 Å². The third-order valence-electron chi connectivity index (χ3n) is 4.35. The molecule has 144 valence electrons. The quantitative estimate of drug-likeness (QED) is 0.473. The van der Waals surface area contributed by atoms with Crippen molar-refractivity contribution in [1.29, 1.82) is 0 Å². The second kappa shape index (κ2) is 8.09. The van der Waals surface area contributed by atoms with E-state index in [4.69, 9.17) is 4.74 Å². The molecule has 1 aromatic carbocycles. The van der Waals surface area contributed by atoms with Crippen molar-refractivity contribution in [2.45, 2.75) is 25.9 Å². The molecule has 1 unspecified atom stereocenters. The number of rotatable bonds is 8. The van der Waals surface area contributed by atoms with Gasteiger partial charge in [-0.05, 0) is 12.5 Å². The number of aliphatic hydroxyl groups excluding tert-OH is 1. The fourth-order valence-corrected chi connectivity index (χ4v) is 2.71. The molecular formula is C18H24N6O3. The summed E-state index contributed by atoms with van der Waals surface area (Å²) in [5.41, 5.74) is 1.97. The molecule has 1 atom stereocenters. The van der Waals surface area contributed by atoms with Crippen LogP contribution in [-0.4, -0.2) is 49.5 Å². The van der Waals surface area contributed by atoms with E-state index in [1.807, 2.05) is 20.0 Å². The lowest BCUT2D eigenvalue weighted by Crippen LogP contribution is -2.24. The molecule has 0 saturated heterocycles. The van der Waals surface area contributed by atoms with Gasteiger partial charge in [0.15, 0.2) is 28.5 Å². The molecule has 0 aliphatic heterocycles. The zero-order chi connectivity index (χ0) is 19.4. The third kappa shape index (κ3) is 3.87. The first-order chi connectivity index (χ1) is 13.1. The Bertz CT molecular complexity index is 923. The van der Waals surface area contributed by atoms with Crippen LogP contribution in [0.4, 0.5) is 11.8 Å². The Labute approximate surface area is 157 Å². The van der Waals surface area contributed by atoms with Crippen molar-refractivity contribution in [2.24, 2.45) is 7.05 Å². The Morgan fingerprint density at radius 3 is 2.81 bits per heavy atom. The lowest BCUT2D eigenvalue weighted by atomic mass is 10.2. The molecule has 3 rings (SSSR count). The van der Waals surface area contributed by atoms with Gasteiger partial charge in [-0.25, -0.2) is 4.98 Å². The van der Waals surface area contributed by atoms with E-state index in [0.29, 0.717) is 40.8 Å². The molecule has 9 nitrogen and oxygen atoms in total. The van der Waals surface area contributed by atoms with Crippen LogP contribution >= 0.6 is 0 Å². The third-order valence-corrected chi connectivity index (χ3v) is 4.35. The summed E-state index contributed by atoms with van der Waals surface area (Å²) in [5, 5.41) is 26.0. The van der Waals surface area contributed by atoms with Crippen LogP contribution in [0.3, 0.4) is 0 Å². The minimum atomic E-state index is -0.133. The summed E-state index contributed by atoms with van der Waals surface area (Å²) in [4.78, 5) is 13.4. The van der Waals surface area contributed by atoms with Gasteiger partial charge in [0.2, 0.25) is 5.95 Å². The number of benzene rings is 1. The molecule has 0 saturated carbocycles. The molecule has 0 spiro atoms. The second-order valence-electron chi connectivity index (χ2n) is 6.18. The number of hydrogen-bond donors (Lipinski definition) is 4. The summed E-state index contributed by atoms with van der Waals surface area (Å²) in [6, 6.07) is 5.18. The molecule has 27 heavy (non-hydrogen) atoms. The molecule has 0 fully saturated rings. The highest BCUT2D eigenvalue weighted by atomic mass is 16.5. The monoisotopic (exact) mass is 372 g/mol. The lowest BCUT2D eigenvalue weighted by Gasteiger charge is -2.15. The summed E-state index contributed by atoms with van der Waals surface area (Å²) in [5.74, 6) is 1.45. The molecule has 3 aromatic rings. The van der Waals surface area contributed by atoms with Gasteiger partial charge < -0.3 is 30.2 Å². The Kier molecular flexibility index (Phi) is 5.60. The van der Waals surface area contributed by atoms with Gasteiger partial charge in [0, 0.05) is 19.2 Å². The Balaban J connectivity index is 1.91. The predicted molar refractivity (Wildman–Crippen MR) is 103 cm³/mol. The fourth-order valence-electron chi connectivity index (χ4n) is 2.71. The molecule has 2 heterocycles. The highest BCUT2D eigenvalue weighted by molar-refractivity contribution is 5.84. The zero-order valence-electron chi connectivity index (χ0n) is 15.6. The van der Waals surface area contributed by atoms with Gasteiger partial charge in [-0.2, -0.15) is 9.97 Å². The SMILES string of the molecule is CCC(CO)Nc1nc(NCc2cccc(OC)c2O)c2ncn(C)c2n1. The normalized spacial score (nSPS) is 12.1. The number of imidazole rings is 1. The smallest absolute Gasteiger partial charge is 0.227 e. The fraction of sp³-hybridized carbons (Fsp3) is 0.389. The Morgan fingerprint density at radius 2 is 2.11 bits per heavy atom. The maximum Gasteiger partial charge on any atom is 0.227 e. The molecule has 0 bridgehead atoms. The molecule has 0 radical (unpaired) electrons. The number of para-hydroxylation sites is 1. The van der Waals surface area contributed by atoms with Crippen LogP contribution < -0.4 is 15.4 Å². The van der Waals surface area contributed by atoms with Gasteiger partial charge in [-0.3, -0.25) is 0 Å². The van der Waals surface area contributed by atoms with Crippen LogP contribution in [0.2, 0.25) is 0 Å². The van der Waals surface area contributed by atoms with Crippen LogP contribution in [0.15, 0.2) is 24.5 Å². The molecular weight excluding hydrogens is 348 g/mol. The Hall–Kier alpha value is -3.07. The number of aromatic hydroxyl groups is 1. The van der Waals surface area contributed by atoms with E-state index in [-0.39, 0.29) is 18.4 Å². The van der Waals surface area contributed by atoms with Crippen LogP contribution in [-0.2, 0) is 13.6 Å². The zero-order valence-corrected chi connectivity index (χ0v) is 15.6. The summed E-state index contributed by atoms with van der Waals surface area (Å²) in [7, 11) is 3.37. The number of nitrogens with zero attached hydrogens (tertiary/aromatic N) is 4. The van der Waals surface area contributed by atoms with Crippen molar-refractivity contribution in [3.8, 4) is 11.5 Å². The topological polar surface area (TPSA) is 117 Å². The summed E-state index contributed by atoms with van der Waals surface area (Å²) in [6.45, 7) is 2.30. The maximum absolute atomic E-state index is 10.3. The van der Waals surface area contributed by atoms with Crippen LogP contribution in [0.25, 0.3) is 11.2 Å². The number of anilines is 2.